The number of benzene rings is 4. The van der Waals surface area contributed by atoms with Crippen molar-refractivity contribution in [3.8, 4) is 0 Å². The molecule has 3 N–H and O–H groups in total. The van der Waals surface area contributed by atoms with E-state index in [1.165, 1.54) is 34.6 Å². The molecule has 2 atom stereocenters. The highest BCUT2D eigenvalue weighted by molar-refractivity contribution is 7.89. The number of hydrogen-bond acceptors (Lipinski definition) is 6. The van der Waals surface area contributed by atoms with E-state index in [4.69, 9.17) is 0 Å². The first-order chi connectivity index (χ1) is 24.4. The average molecular weight is 731 g/mol. The summed E-state index contributed by atoms with van der Waals surface area (Å²) < 4.78 is 106. The first kappa shape index (κ1) is 37.4. The van der Waals surface area contributed by atoms with E-state index in [-0.39, 0.29) is 40.2 Å². The summed E-state index contributed by atoms with van der Waals surface area (Å²) in [7, 11) is -2.80. The first-order valence-corrected chi connectivity index (χ1v) is 17.4. The number of hydrogen-bond donors (Lipinski definition) is 3. The van der Waals surface area contributed by atoms with Gasteiger partial charge in [-0.15, -0.1) is 0 Å². The maximum absolute atomic E-state index is 15.4. The minimum atomic E-state index is -3.80. The van der Waals surface area contributed by atoms with Gasteiger partial charge in [-0.3, -0.25) is 4.79 Å². The van der Waals surface area contributed by atoms with Crippen LogP contribution in [0.3, 0.4) is 0 Å². The average Bonchev–Trinajstić information content (AvgIpc) is 3.08. The van der Waals surface area contributed by atoms with Gasteiger partial charge in [0.2, 0.25) is 15.9 Å². The van der Waals surface area contributed by atoms with E-state index in [1.54, 1.807) is 18.2 Å². The molecule has 1 aliphatic rings. The van der Waals surface area contributed by atoms with Gasteiger partial charge in [-0.25, -0.2) is 35.2 Å². The third-order valence-corrected chi connectivity index (χ3v) is 10.5. The first-order valence-electron chi connectivity index (χ1n) is 16.0. The third kappa shape index (κ3) is 9.09. The molecule has 1 fully saturated rings. The van der Waals surface area contributed by atoms with Crippen LogP contribution in [-0.2, 0) is 26.0 Å². The Bertz CT molecular complexity index is 1890. The summed E-state index contributed by atoms with van der Waals surface area (Å²) in [5.74, 6) is -7.49. The molecule has 0 aliphatic carbocycles. The molecule has 0 spiro atoms. The fourth-order valence-corrected chi connectivity index (χ4v) is 7.94. The van der Waals surface area contributed by atoms with E-state index in [9.17, 15) is 35.6 Å². The number of anilines is 1. The predicted octanol–water partition coefficient (Wildman–Crippen LogP) is 5.86. The van der Waals surface area contributed by atoms with Crippen LogP contribution in [0.5, 0.6) is 0 Å². The van der Waals surface area contributed by atoms with Gasteiger partial charge in [-0.05, 0) is 78.9 Å². The van der Waals surface area contributed by atoms with Crippen LogP contribution >= 0.6 is 0 Å². The van der Waals surface area contributed by atoms with Gasteiger partial charge in [-0.2, -0.15) is 4.31 Å². The lowest BCUT2D eigenvalue weighted by molar-refractivity contribution is -0.118. The lowest BCUT2D eigenvalue weighted by Crippen LogP contribution is -2.53. The number of ether oxygens (including phenoxy) is 1. The molecule has 0 aromatic heterocycles. The fourth-order valence-electron chi connectivity index (χ4n) is 6.26. The standard InChI is InChI=1S/C36H35F5N4O5S/c1-50-36(47)44-34(33(22-15-24(37)19-25(38)16-22)23-17-26(39)20-27(40)18-23)35(46)43-32-12-6-11-31(41)30(32)10-5-7-28-21-42-13-14-45(28)51(48,49)29-8-3-2-4-9-29/h2-4,6,8-9,11-12,15-20,28,33-34,42H,5,7,10,13-14,21H2,1H3,(H,43,46)(H,44,47). The van der Waals surface area contributed by atoms with Crippen LogP contribution in [0, 0.1) is 29.1 Å². The number of amides is 2. The minimum absolute atomic E-state index is 0.0122. The molecular weight excluding hydrogens is 695 g/mol. The summed E-state index contributed by atoms with van der Waals surface area (Å²) in [5, 5.41) is 8.04. The topological polar surface area (TPSA) is 117 Å². The van der Waals surface area contributed by atoms with Crippen molar-refractivity contribution in [2.75, 3.05) is 32.1 Å². The molecule has 0 bridgehead atoms. The zero-order chi connectivity index (χ0) is 36.7. The highest BCUT2D eigenvalue weighted by Crippen LogP contribution is 2.33. The number of carbonyl (C=O) groups is 2. The van der Waals surface area contributed by atoms with Crippen LogP contribution in [0.4, 0.5) is 32.4 Å². The van der Waals surface area contributed by atoms with Gasteiger partial charge in [0.15, 0.2) is 0 Å². The summed E-state index contributed by atoms with van der Waals surface area (Å²) in [5.41, 5.74) is -0.440. The van der Waals surface area contributed by atoms with Crippen LogP contribution in [0.2, 0.25) is 0 Å². The Morgan fingerprint density at radius 1 is 0.882 bits per heavy atom. The fraction of sp³-hybridized carbons (Fsp3) is 0.278. The minimum Gasteiger partial charge on any atom is -0.453 e. The van der Waals surface area contributed by atoms with Crippen LogP contribution in [0.15, 0.2) is 89.8 Å². The number of carbonyl (C=O) groups excluding carboxylic acids is 2. The molecule has 2 amide bonds. The van der Waals surface area contributed by atoms with Gasteiger partial charge in [0.05, 0.1) is 12.0 Å². The molecule has 1 saturated heterocycles. The zero-order valence-corrected chi connectivity index (χ0v) is 28.2. The van der Waals surface area contributed by atoms with E-state index in [0.717, 1.165) is 31.4 Å². The molecule has 51 heavy (non-hydrogen) atoms. The van der Waals surface area contributed by atoms with E-state index in [0.29, 0.717) is 38.1 Å². The molecule has 15 heteroatoms. The lowest BCUT2D eigenvalue weighted by Gasteiger charge is -2.35. The number of rotatable bonds is 12. The Balaban J connectivity index is 1.42. The van der Waals surface area contributed by atoms with Crippen LogP contribution in [0.25, 0.3) is 0 Å². The molecule has 1 heterocycles. The van der Waals surface area contributed by atoms with Gasteiger partial charge in [-0.1, -0.05) is 24.3 Å². The van der Waals surface area contributed by atoms with Gasteiger partial charge < -0.3 is 20.7 Å². The molecule has 0 saturated carbocycles. The quantitative estimate of drug-likeness (QED) is 0.157. The SMILES string of the molecule is COC(=O)NC(C(=O)Nc1cccc(F)c1CCCC1CNCCN1S(=O)(=O)c1ccccc1)C(c1cc(F)cc(F)c1)c1cc(F)cc(F)c1. The molecule has 9 nitrogen and oxygen atoms in total. The molecule has 4 aromatic carbocycles. The van der Waals surface area contributed by atoms with E-state index < -0.39 is 69.1 Å². The molecule has 1 aliphatic heterocycles. The van der Waals surface area contributed by atoms with Gasteiger partial charge >= 0.3 is 6.09 Å². The summed E-state index contributed by atoms with van der Waals surface area (Å²) in [6, 6.07) is 14.2. The van der Waals surface area contributed by atoms with Crippen molar-refractivity contribution in [3.05, 3.63) is 131 Å². The summed E-state index contributed by atoms with van der Waals surface area (Å²) in [6.45, 7) is 1.07. The molecule has 4 aromatic rings. The summed E-state index contributed by atoms with van der Waals surface area (Å²) in [4.78, 5) is 26.7. The molecule has 2 unspecified atom stereocenters. The van der Waals surface area contributed by atoms with Gasteiger partial charge in [0.25, 0.3) is 0 Å². The Morgan fingerprint density at radius 3 is 2.08 bits per heavy atom. The van der Waals surface area contributed by atoms with Crippen LogP contribution < -0.4 is 16.0 Å². The van der Waals surface area contributed by atoms with Crippen molar-refractivity contribution < 1.29 is 44.7 Å². The molecule has 270 valence electrons. The smallest absolute Gasteiger partial charge is 0.407 e. The molecule has 5 rings (SSSR count). The number of nitrogens with zero attached hydrogens (tertiary/aromatic N) is 1. The van der Waals surface area contributed by atoms with Gasteiger partial charge in [0.1, 0.15) is 35.1 Å². The van der Waals surface area contributed by atoms with Crippen molar-refractivity contribution in [2.24, 2.45) is 0 Å². The maximum Gasteiger partial charge on any atom is 0.407 e. The number of halogens is 5. The summed E-state index contributed by atoms with van der Waals surface area (Å²) >= 11 is 0. The highest BCUT2D eigenvalue weighted by atomic mass is 32.2. The molecular formula is C36H35F5N4O5S. The number of sulfonamides is 1. The number of piperazine rings is 1. The Morgan fingerprint density at radius 2 is 1.49 bits per heavy atom. The predicted molar refractivity (Wildman–Crippen MR) is 179 cm³/mol. The number of methoxy groups -OCH3 is 1. The van der Waals surface area contributed by atoms with Crippen molar-refractivity contribution >= 4 is 27.7 Å². The van der Waals surface area contributed by atoms with E-state index >= 15 is 4.39 Å². The number of alkyl carbamates (subject to hydrolysis) is 1. The Kier molecular flexibility index (Phi) is 12.1. The third-order valence-electron chi connectivity index (χ3n) is 8.55. The van der Waals surface area contributed by atoms with Crippen molar-refractivity contribution in [3.63, 3.8) is 0 Å². The monoisotopic (exact) mass is 730 g/mol. The Labute approximate surface area is 291 Å². The second-order valence-electron chi connectivity index (χ2n) is 11.9. The van der Waals surface area contributed by atoms with E-state index in [2.05, 4.69) is 20.7 Å². The molecule has 0 radical (unpaired) electrons. The van der Waals surface area contributed by atoms with Crippen molar-refractivity contribution in [1.29, 1.82) is 0 Å². The highest BCUT2D eigenvalue weighted by Gasteiger charge is 2.36. The van der Waals surface area contributed by atoms with E-state index in [1.807, 2.05) is 0 Å². The Hall–Kier alpha value is -4.86. The largest absolute Gasteiger partial charge is 0.453 e. The number of nitrogens with one attached hydrogen (secondary N) is 3. The van der Waals surface area contributed by atoms with Crippen molar-refractivity contribution in [1.82, 2.24) is 14.9 Å². The second kappa shape index (κ2) is 16.4. The summed E-state index contributed by atoms with van der Waals surface area (Å²) in [6.07, 6.45) is -0.453. The van der Waals surface area contributed by atoms with Crippen LogP contribution in [-0.4, -0.2) is 63.6 Å². The normalized spacial score (nSPS) is 15.7. The zero-order valence-electron chi connectivity index (χ0n) is 27.3. The van der Waals surface area contributed by atoms with Crippen molar-refractivity contribution in [2.45, 2.75) is 42.2 Å². The lowest BCUT2D eigenvalue weighted by atomic mass is 9.84. The second-order valence-corrected chi connectivity index (χ2v) is 13.8. The van der Waals surface area contributed by atoms with Gasteiger partial charge in [0, 0.05) is 55.0 Å². The van der Waals surface area contributed by atoms with Crippen LogP contribution in [0.1, 0.15) is 35.4 Å². The maximum atomic E-state index is 15.4.